The van der Waals surface area contributed by atoms with E-state index in [0.717, 1.165) is 11.3 Å². The lowest BCUT2D eigenvalue weighted by Gasteiger charge is -2.08. The molecular weight excluding hydrogens is 310 g/mol. The SMILES string of the molecule is COc1cccc(-c2cc(CNC(=O)[C@H]3C[C@H](N)[C@@H](O)C3)no2)c1. The predicted octanol–water partition coefficient (Wildman–Crippen LogP) is 1.06. The van der Waals surface area contributed by atoms with E-state index in [-0.39, 0.29) is 24.4 Å². The molecule has 1 aromatic carbocycles. The number of aliphatic hydroxyl groups excluding tert-OH is 1. The van der Waals surface area contributed by atoms with Crippen molar-refractivity contribution in [2.45, 2.75) is 31.5 Å². The molecule has 3 atom stereocenters. The summed E-state index contributed by atoms with van der Waals surface area (Å²) in [6.07, 6.45) is 0.300. The molecule has 1 aromatic heterocycles. The van der Waals surface area contributed by atoms with Crippen LogP contribution in [0, 0.1) is 5.92 Å². The number of benzene rings is 1. The normalized spacial score (nSPS) is 23.2. The topological polar surface area (TPSA) is 111 Å². The van der Waals surface area contributed by atoms with Crippen LogP contribution in [-0.2, 0) is 11.3 Å². The molecule has 7 nitrogen and oxygen atoms in total. The van der Waals surface area contributed by atoms with Gasteiger partial charge in [-0.1, -0.05) is 17.3 Å². The molecule has 1 saturated carbocycles. The van der Waals surface area contributed by atoms with Crippen molar-refractivity contribution in [1.82, 2.24) is 10.5 Å². The largest absolute Gasteiger partial charge is 0.497 e. The molecule has 0 spiro atoms. The first kappa shape index (κ1) is 16.5. The number of rotatable bonds is 5. The van der Waals surface area contributed by atoms with Gasteiger partial charge in [0.15, 0.2) is 5.76 Å². The third-order valence-corrected chi connectivity index (χ3v) is 4.30. The van der Waals surface area contributed by atoms with Crippen molar-refractivity contribution in [2.24, 2.45) is 11.7 Å². The predicted molar refractivity (Wildman–Crippen MR) is 87.0 cm³/mol. The second kappa shape index (κ2) is 7.02. The highest BCUT2D eigenvalue weighted by atomic mass is 16.5. The highest BCUT2D eigenvalue weighted by Gasteiger charge is 2.34. The first-order valence-corrected chi connectivity index (χ1v) is 7.88. The van der Waals surface area contributed by atoms with E-state index in [9.17, 15) is 9.90 Å². The number of hydrogen-bond donors (Lipinski definition) is 3. The monoisotopic (exact) mass is 331 g/mol. The van der Waals surface area contributed by atoms with Crippen molar-refractivity contribution >= 4 is 5.91 Å². The summed E-state index contributed by atoms with van der Waals surface area (Å²) in [5.74, 6) is 0.971. The molecule has 4 N–H and O–H groups in total. The van der Waals surface area contributed by atoms with Gasteiger partial charge < -0.3 is 25.4 Å². The Labute approximate surface area is 139 Å². The maximum Gasteiger partial charge on any atom is 0.223 e. The number of nitrogens with two attached hydrogens (primary N) is 1. The van der Waals surface area contributed by atoms with Crippen molar-refractivity contribution < 1.29 is 19.2 Å². The van der Waals surface area contributed by atoms with Crippen LogP contribution in [0.1, 0.15) is 18.5 Å². The van der Waals surface area contributed by atoms with E-state index in [1.807, 2.05) is 24.3 Å². The number of nitrogens with zero attached hydrogens (tertiary/aromatic N) is 1. The molecular formula is C17H21N3O4. The van der Waals surface area contributed by atoms with Crippen molar-refractivity contribution in [2.75, 3.05) is 7.11 Å². The third kappa shape index (κ3) is 3.58. The van der Waals surface area contributed by atoms with Crippen LogP contribution in [0.4, 0.5) is 0 Å². The number of nitrogens with one attached hydrogen (secondary N) is 1. The molecule has 24 heavy (non-hydrogen) atoms. The minimum Gasteiger partial charge on any atom is -0.497 e. The smallest absolute Gasteiger partial charge is 0.223 e. The second-order valence-corrected chi connectivity index (χ2v) is 6.03. The average molecular weight is 331 g/mol. The van der Waals surface area contributed by atoms with Gasteiger partial charge in [0.1, 0.15) is 11.4 Å². The van der Waals surface area contributed by atoms with Crippen LogP contribution in [0.5, 0.6) is 5.75 Å². The molecule has 0 saturated heterocycles. The van der Waals surface area contributed by atoms with Crippen LogP contribution in [0.3, 0.4) is 0 Å². The van der Waals surface area contributed by atoms with E-state index in [4.69, 9.17) is 15.0 Å². The lowest BCUT2D eigenvalue weighted by Crippen LogP contribution is -2.30. The van der Waals surface area contributed by atoms with E-state index in [1.54, 1.807) is 13.2 Å². The highest BCUT2D eigenvalue weighted by molar-refractivity contribution is 5.79. The Bertz CT molecular complexity index is 705. The highest BCUT2D eigenvalue weighted by Crippen LogP contribution is 2.26. The molecule has 2 aromatic rings. The van der Waals surface area contributed by atoms with Gasteiger partial charge >= 0.3 is 0 Å². The van der Waals surface area contributed by atoms with Gasteiger partial charge in [-0.05, 0) is 25.0 Å². The van der Waals surface area contributed by atoms with Gasteiger partial charge in [-0.25, -0.2) is 0 Å². The van der Waals surface area contributed by atoms with Crippen LogP contribution in [0.25, 0.3) is 11.3 Å². The molecule has 0 radical (unpaired) electrons. The molecule has 128 valence electrons. The molecule has 7 heteroatoms. The van der Waals surface area contributed by atoms with Crippen molar-refractivity contribution in [3.8, 4) is 17.1 Å². The Hall–Kier alpha value is -2.38. The van der Waals surface area contributed by atoms with Crippen LogP contribution in [0.2, 0.25) is 0 Å². The fraction of sp³-hybridized carbons (Fsp3) is 0.412. The van der Waals surface area contributed by atoms with E-state index >= 15 is 0 Å². The third-order valence-electron chi connectivity index (χ3n) is 4.30. The number of methoxy groups -OCH3 is 1. The molecule has 1 aliphatic rings. The molecule has 1 fully saturated rings. The van der Waals surface area contributed by atoms with Crippen LogP contribution in [-0.4, -0.2) is 35.4 Å². The summed E-state index contributed by atoms with van der Waals surface area (Å²) in [5.41, 5.74) is 7.22. The van der Waals surface area contributed by atoms with E-state index < -0.39 is 6.10 Å². The Morgan fingerprint density at radius 1 is 1.46 bits per heavy atom. The molecule has 0 aliphatic heterocycles. The summed E-state index contributed by atoms with van der Waals surface area (Å²) < 4.78 is 10.5. The standard InChI is InChI=1S/C17H21N3O4/c1-23-13-4-2-3-10(5-13)16-8-12(20-24-16)9-19-17(22)11-6-14(18)15(21)7-11/h2-5,8,11,14-15,21H,6-7,9,18H2,1H3,(H,19,22)/t11-,14-,15-/m0/s1. The van der Waals surface area contributed by atoms with Gasteiger partial charge in [0.25, 0.3) is 0 Å². The number of carbonyl (C=O) groups excluding carboxylic acids is 1. The Kier molecular flexibility index (Phi) is 4.82. The van der Waals surface area contributed by atoms with Crippen molar-refractivity contribution in [3.63, 3.8) is 0 Å². The van der Waals surface area contributed by atoms with Gasteiger partial charge in [-0.3, -0.25) is 4.79 Å². The van der Waals surface area contributed by atoms with Gasteiger partial charge in [0, 0.05) is 23.6 Å². The first-order chi connectivity index (χ1) is 11.6. The lowest BCUT2D eigenvalue weighted by atomic mass is 10.1. The van der Waals surface area contributed by atoms with Gasteiger partial charge in [0.05, 0.1) is 19.8 Å². The van der Waals surface area contributed by atoms with E-state index in [0.29, 0.717) is 24.3 Å². The summed E-state index contributed by atoms with van der Waals surface area (Å²) >= 11 is 0. The van der Waals surface area contributed by atoms with Crippen LogP contribution in [0.15, 0.2) is 34.9 Å². The molecule has 0 unspecified atom stereocenters. The molecule has 3 rings (SSSR count). The quantitative estimate of drug-likeness (QED) is 0.756. The number of amides is 1. The van der Waals surface area contributed by atoms with Gasteiger partial charge in [-0.2, -0.15) is 0 Å². The van der Waals surface area contributed by atoms with Crippen molar-refractivity contribution in [1.29, 1.82) is 0 Å². The summed E-state index contributed by atoms with van der Waals surface area (Å²) in [6.45, 7) is 0.272. The first-order valence-electron chi connectivity index (χ1n) is 7.88. The van der Waals surface area contributed by atoms with Crippen LogP contribution >= 0.6 is 0 Å². The van der Waals surface area contributed by atoms with E-state index in [2.05, 4.69) is 10.5 Å². The number of aromatic nitrogens is 1. The molecule has 1 heterocycles. The zero-order valence-corrected chi connectivity index (χ0v) is 13.4. The molecule has 1 amide bonds. The average Bonchev–Trinajstić information content (AvgIpc) is 3.20. The number of ether oxygens (including phenoxy) is 1. The summed E-state index contributed by atoms with van der Waals surface area (Å²) in [7, 11) is 1.60. The molecule has 0 bridgehead atoms. The minimum absolute atomic E-state index is 0.118. The summed E-state index contributed by atoms with van der Waals surface area (Å²) in [5, 5.41) is 16.4. The maximum atomic E-state index is 12.1. The zero-order valence-electron chi connectivity index (χ0n) is 13.4. The van der Waals surface area contributed by atoms with Crippen molar-refractivity contribution in [3.05, 3.63) is 36.0 Å². The number of hydrogen-bond acceptors (Lipinski definition) is 6. The number of carbonyl (C=O) groups is 1. The zero-order chi connectivity index (χ0) is 17.1. The Morgan fingerprint density at radius 2 is 2.29 bits per heavy atom. The fourth-order valence-electron chi connectivity index (χ4n) is 2.89. The minimum atomic E-state index is -0.604. The van der Waals surface area contributed by atoms with E-state index in [1.165, 1.54) is 0 Å². The van der Waals surface area contributed by atoms with Crippen LogP contribution < -0.4 is 15.8 Å². The Balaban J connectivity index is 1.59. The fourth-order valence-corrected chi connectivity index (χ4v) is 2.89. The van der Waals surface area contributed by atoms with Gasteiger partial charge in [0.2, 0.25) is 5.91 Å². The second-order valence-electron chi connectivity index (χ2n) is 6.03. The maximum absolute atomic E-state index is 12.1. The lowest BCUT2D eigenvalue weighted by molar-refractivity contribution is -0.125. The summed E-state index contributed by atoms with van der Waals surface area (Å²) in [6, 6.07) is 8.92. The Morgan fingerprint density at radius 3 is 3.00 bits per heavy atom. The van der Waals surface area contributed by atoms with Gasteiger partial charge in [-0.15, -0.1) is 0 Å². The summed E-state index contributed by atoms with van der Waals surface area (Å²) in [4.78, 5) is 12.1. The number of aliphatic hydroxyl groups is 1. The molecule has 1 aliphatic carbocycles.